The summed E-state index contributed by atoms with van der Waals surface area (Å²) in [5.41, 5.74) is 2.01. The molecule has 7 heteroatoms. The van der Waals surface area contributed by atoms with E-state index in [4.69, 9.17) is 9.47 Å². The molecule has 0 unspecified atom stereocenters. The predicted molar refractivity (Wildman–Crippen MR) is 88.2 cm³/mol. The number of β-amino-alcohol motifs (C(OH)–C–C–N with tert-alkyl or cyclic N) is 1. The van der Waals surface area contributed by atoms with E-state index in [0.717, 1.165) is 5.56 Å². The minimum Gasteiger partial charge on any atom is -0.496 e. The van der Waals surface area contributed by atoms with Crippen LogP contribution in [0.1, 0.15) is 17.2 Å². The monoisotopic (exact) mass is 329 g/mol. The van der Waals surface area contributed by atoms with Gasteiger partial charge in [0, 0.05) is 17.3 Å². The van der Waals surface area contributed by atoms with Crippen LogP contribution in [0, 0.1) is 0 Å². The molecular formula is C17H19N3O4. The zero-order chi connectivity index (χ0) is 17.1. The Bertz CT molecular complexity index is 736. The van der Waals surface area contributed by atoms with Crippen molar-refractivity contribution in [3.05, 3.63) is 47.8 Å². The minimum atomic E-state index is -0.849. The molecule has 1 aromatic heterocycles. The number of rotatable bonds is 3. The van der Waals surface area contributed by atoms with Gasteiger partial charge < -0.3 is 24.8 Å². The van der Waals surface area contributed by atoms with Crippen LogP contribution in [0.3, 0.4) is 0 Å². The van der Waals surface area contributed by atoms with Crippen LogP contribution in [0.4, 0.5) is 10.5 Å². The van der Waals surface area contributed by atoms with Gasteiger partial charge in [-0.25, -0.2) is 4.79 Å². The Hall–Kier alpha value is -2.80. The largest absolute Gasteiger partial charge is 0.496 e. The molecule has 2 amide bonds. The van der Waals surface area contributed by atoms with Crippen molar-refractivity contribution < 1.29 is 19.4 Å². The molecule has 2 heterocycles. The lowest BCUT2D eigenvalue weighted by Crippen LogP contribution is -2.41. The average molecular weight is 329 g/mol. The number of carbonyl (C=O) groups is 1. The van der Waals surface area contributed by atoms with Crippen LogP contribution in [0.15, 0.2) is 36.7 Å². The number of anilines is 1. The summed E-state index contributed by atoms with van der Waals surface area (Å²) in [6.45, 7) is 0.488. The molecule has 1 aliphatic rings. The number of hydrogen-bond donors (Lipinski definition) is 2. The number of methoxy groups -OCH3 is 2. The van der Waals surface area contributed by atoms with Crippen molar-refractivity contribution in [2.45, 2.75) is 12.6 Å². The van der Waals surface area contributed by atoms with Gasteiger partial charge in [-0.15, -0.1) is 0 Å². The maximum atomic E-state index is 12.5. The Morgan fingerprint density at radius 1 is 1.29 bits per heavy atom. The number of aromatic nitrogens is 1. The second-order valence-corrected chi connectivity index (χ2v) is 5.43. The number of ether oxygens (including phenoxy) is 2. The van der Waals surface area contributed by atoms with Crippen LogP contribution in [0.25, 0.3) is 0 Å². The van der Waals surface area contributed by atoms with Gasteiger partial charge in [-0.1, -0.05) is 0 Å². The summed E-state index contributed by atoms with van der Waals surface area (Å²) in [6.07, 6.45) is 2.35. The first kappa shape index (κ1) is 16.1. The van der Waals surface area contributed by atoms with Crippen LogP contribution in [-0.4, -0.2) is 41.8 Å². The van der Waals surface area contributed by atoms with Crippen molar-refractivity contribution in [3.63, 3.8) is 0 Å². The smallest absolute Gasteiger partial charge is 0.322 e. The van der Waals surface area contributed by atoms with E-state index in [-0.39, 0.29) is 12.6 Å². The van der Waals surface area contributed by atoms with Gasteiger partial charge in [-0.2, -0.15) is 0 Å². The van der Waals surface area contributed by atoms with E-state index in [1.54, 1.807) is 50.9 Å². The Kier molecular flexibility index (Phi) is 4.52. The summed E-state index contributed by atoms with van der Waals surface area (Å²) in [5.74, 6) is 1.20. The lowest BCUT2D eigenvalue weighted by atomic mass is 9.95. The molecule has 0 saturated heterocycles. The summed E-state index contributed by atoms with van der Waals surface area (Å²) < 4.78 is 10.7. The number of benzene rings is 1. The van der Waals surface area contributed by atoms with Crippen molar-refractivity contribution in [2.75, 3.05) is 26.1 Å². The molecule has 2 N–H and O–H groups in total. The van der Waals surface area contributed by atoms with Crippen LogP contribution >= 0.6 is 0 Å². The first-order chi connectivity index (χ1) is 11.6. The summed E-state index contributed by atoms with van der Waals surface area (Å²) in [7, 11) is 3.11. The van der Waals surface area contributed by atoms with Crippen molar-refractivity contribution in [2.24, 2.45) is 0 Å². The Morgan fingerprint density at radius 3 is 2.71 bits per heavy atom. The SMILES string of the molecule is COc1ccc(OC)c2c1CN(C(=O)Nc1cccnc1)C[C@@H]2O. The number of carbonyl (C=O) groups excluding carboxylic acids is 1. The van der Waals surface area contributed by atoms with E-state index in [0.29, 0.717) is 29.3 Å². The highest BCUT2D eigenvalue weighted by Crippen LogP contribution is 2.39. The summed E-state index contributed by atoms with van der Waals surface area (Å²) >= 11 is 0. The molecule has 0 fully saturated rings. The topological polar surface area (TPSA) is 83.9 Å². The fraction of sp³-hybridized carbons (Fsp3) is 0.294. The Balaban J connectivity index is 1.87. The van der Waals surface area contributed by atoms with Crippen LogP contribution in [0.5, 0.6) is 11.5 Å². The van der Waals surface area contributed by atoms with Crippen molar-refractivity contribution >= 4 is 11.7 Å². The van der Waals surface area contributed by atoms with Gasteiger partial charge in [0.15, 0.2) is 0 Å². The number of amides is 2. The molecule has 0 bridgehead atoms. The third kappa shape index (κ3) is 2.98. The molecule has 1 atom stereocenters. The standard InChI is InChI=1S/C17H19N3O4/c1-23-14-5-6-15(24-2)16-12(14)9-20(10-13(16)21)17(22)19-11-4-3-7-18-8-11/h3-8,13,21H,9-10H2,1-2H3,(H,19,22)/t13-/m0/s1. The summed E-state index contributed by atoms with van der Waals surface area (Å²) in [6, 6.07) is 6.71. The van der Waals surface area contributed by atoms with E-state index >= 15 is 0 Å². The van der Waals surface area contributed by atoms with E-state index in [1.165, 1.54) is 4.90 Å². The molecule has 2 aromatic rings. The molecule has 0 spiro atoms. The van der Waals surface area contributed by atoms with E-state index in [9.17, 15) is 9.90 Å². The normalized spacial score (nSPS) is 16.3. The third-order valence-corrected chi connectivity index (χ3v) is 3.99. The van der Waals surface area contributed by atoms with E-state index < -0.39 is 6.10 Å². The molecule has 0 aliphatic carbocycles. The highest BCUT2D eigenvalue weighted by molar-refractivity contribution is 5.89. The van der Waals surface area contributed by atoms with Crippen molar-refractivity contribution in [1.82, 2.24) is 9.88 Å². The number of urea groups is 1. The molecule has 126 valence electrons. The quantitative estimate of drug-likeness (QED) is 0.902. The number of aliphatic hydroxyl groups excluding tert-OH is 1. The second-order valence-electron chi connectivity index (χ2n) is 5.43. The van der Waals surface area contributed by atoms with Gasteiger partial charge in [0.2, 0.25) is 0 Å². The van der Waals surface area contributed by atoms with Gasteiger partial charge in [0.05, 0.1) is 39.2 Å². The molecule has 1 aromatic carbocycles. The number of hydrogen-bond acceptors (Lipinski definition) is 5. The first-order valence-electron chi connectivity index (χ1n) is 7.51. The van der Waals surface area contributed by atoms with Gasteiger partial charge in [-0.05, 0) is 24.3 Å². The zero-order valence-electron chi connectivity index (χ0n) is 13.5. The molecule has 0 radical (unpaired) electrons. The van der Waals surface area contributed by atoms with Crippen molar-refractivity contribution in [1.29, 1.82) is 0 Å². The fourth-order valence-electron chi connectivity index (χ4n) is 2.87. The van der Waals surface area contributed by atoms with E-state index in [2.05, 4.69) is 10.3 Å². The molecule has 1 aliphatic heterocycles. The highest BCUT2D eigenvalue weighted by atomic mass is 16.5. The lowest BCUT2D eigenvalue weighted by molar-refractivity contribution is 0.105. The minimum absolute atomic E-state index is 0.169. The number of nitrogens with one attached hydrogen (secondary N) is 1. The van der Waals surface area contributed by atoms with Crippen LogP contribution < -0.4 is 14.8 Å². The maximum absolute atomic E-state index is 12.5. The van der Waals surface area contributed by atoms with Gasteiger partial charge in [0.1, 0.15) is 17.6 Å². The number of nitrogens with zero attached hydrogens (tertiary/aromatic N) is 2. The molecule has 3 rings (SSSR count). The lowest BCUT2D eigenvalue weighted by Gasteiger charge is -2.33. The zero-order valence-corrected chi connectivity index (χ0v) is 13.5. The van der Waals surface area contributed by atoms with Gasteiger partial charge >= 0.3 is 6.03 Å². The Labute approximate surface area is 139 Å². The highest BCUT2D eigenvalue weighted by Gasteiger charge is 2.31. The second kappa shape index (κ2) is 6.76. The van der Waals surface area contributed by atoms with E-state index in [1.807, 2.05) is 0 Å². The first-order valence-corrected chi connectivity index (χ1v) is 7.51. The number of pyridine rings is 1. The number of fused-ring (bicyclic) bond motifs is 1. The van der Waals surface area contributed by atoms with Crippen LogP contribution in [0.2, 0.25) is 0 Å². The molecule has 24 heavy (non-hydrogen) atoms. The van der Waals surface area contributed by atoms with Gasteiger partial charge in [0.25, 0.3) is 0 Å². The molecule has 7 nitrogen and oxygen atoms in total. The third-order valence-electron chi connectivity index (χ3n) is 3.99. The van der Waals surface area contributed by atoms with Crippen LogP contribution in [-0.2, 0) is 6.54 Å². The molecular weight excluding hydrogens is 310 g/mol. The molecule has 0 saturated carbocycles. The summed E-state index contributed by atoms with van der Waals surface area (Å²) in [5, 5.41) is 13.3. The fourth-order valence-corrected chi connectivity index (χ4v) is 2.87. The average Bonchev–Trinajstić information content (AvgIpc) is 2.61. The maximum Gasteiger partial charge on any atom is 0.322 e. The van der Waals surface area contributed by atoms with Crippen molar-refractivity contribution in [3.8, 4) is 11.5 Å². The summed E-state index contributed by atoms with van der Waals surface area (Å²) in [4.78, 5) is 18.0. The predicted octanol–water partition coefficient (Wildman–Crippen LogP) is 2.18. The van der Waals surface area contributed by atoms with Gasteiger partial charge in [-0.3, -0.25) is 4.98 Å². The Morgan fingerprint density at radius 2 is 2.04 bits per heavy atom. The number of aliphatic hydroxyl groups is 1.